The fourth-order valence-electron chi connectivity index (χ4n) is 2.01. The first kappa shape index (κ1) is 15.9. The molecular formula is C13H24ClN3S. The Kier molecular flexibility index (Phi) is 7.12. The van der Waals surface area contributed by atoms with E-state index in [9.17, 15) is 0 Å². The molecule has 1 aromatic rings. The van der Waals surface area contributed by atoms with E-state index in [1.54, 1.807) is 0 Å². The molecule has 0 saturated heterocycles. The number of halogens is 1. The van der Waals surface area contributed by atoms with E-state index in [0.29, 0.717) is 6.04 Å². The van der Waals surface area contributed by atoms with Crippen molar-refractivity contribution in [3.63, 3.8) is 0 Å². The molecule has 0 aliphatic heterocycles. The van der Waals surface area contributed by atoms with Gasteiger partial charge < -0.3 is 5.32 Å². The first-order chi connectivity index (χ1) is 8.63. The second kappa shape index (κ2) is 8.08. The van der Waals surface area contributed by atoms with Gasteiger partial charge in [0, 0.05) is 25.3 Å². The van der Waals surface area contributed by atoms with E-state index in [1.807, 2.05) is 23.5 Å². The molecular weight excluding hydrogens is 266 g/mol. The van der Waals surface area contributed by atoms with Gasteiger partial charge in [-0.25, -0.2) is 0 Å². The quantitative estimate of drug-likeness (QED) is 0.798. The summed E-state index contributed by atoms with van der Waals surface area (Å²) in [7, 11) is 1.98. The first-order valence-corrected chi connectivity index (χ1v) is 8.18. The Morgan fingerprint density at radius 3 is 2.61 bits per heavy atom. The standard InChI is InChI=1S/C13H24ClN3S/c1-5-11-13(14)12(17(4)16-11)8-10(15-6-2)9-18-7-3/h10,15H,5-9H2,1-4H3. The summed E-state index contributed by atoms with van der Waals surface area (Å²) in [5.41, 5.74) is 2.16. The van der Waals surface area contributed by atoms with Crippen LogP contribution in [0.5, 0.6) is 0 Å². The van der Waals surface area contributed by atoms with Crippen LogP contribution in [0.4, 0.5) is 0 Å². The molecule has 104 valence electrons. The van der Waals surface area contributed by atoms with Gasteiger partial charge in [0.25, 0.3) is 0 Å². The van der Waals surface area contributed by atoms with Gasteiger partial charge in [-0.15, -0.1) is 0 Å². The van der Waals surface area contributed by atoms with Crippen molar-refractivity contribution in [3.05, 3.63) is 16.4 Å². The van der Waals surface area contributed by atoms with Crippen LogP contribution in [0.3, 0.4) is 0 Å². The number of thioether (sulfide) groups is 1. The molecule has 0 aliphatic rings. The lowest BCUT2D eigenvalue weighted by atomic mass is 10.1. The van der Waals surface area contributed by atoms with Crippen LogP contribution >= 0.6 is 23.4 Å². The van der Waals surface area contributed by atoms with Crippen molar-refractivity contribution in [3.8, 4) is 0 Å². The van der Waals surface area contributed by atoms with Gasteiger partial charge in [-0.05, 0) is 18.7 Å². The van der Waals surface area contributed by atoms with Crippen LogP contribution in [0.1, 0.15) is 32.2 Å². The van der Waals surface area contributed by atoms with Crippen molar-refractivity contribution in [1.82, 2.24) is 15.1 Å². The topological polar surface area (TPSA) is 29.9 Å². The molecule has 1 N–H and O–H groups in total. The molecule has 3 nitrogen and oxygen atoms in total. The van der Waals surface area contributed by atoms with Crippen LogP contribution < -0.4 is 5.32 Å². The van der Waals surface area contributed by atoms with E-state index in [-0.39, 0.29) is 0 Å². The average molecular weight is 290 g/mol. The molecule has 1 heterocycles. The lowest BCUT2D eigenvalue weighted by Gasteiger charge is -2.17. The lowest BCUT2D eigenvalue weighted by molar-refractivity contribution is 0.549. The van der Waals surface area contributed by atoms with Gasteiger partial charge in [-0.1, -0.05) is 32.4 Å². The Morgan fingerprint density at radius 2 is 2.11 bits per heavy atom. The zero-order chi connectivity index (χ0) is 13.5. The van der Waals surface area contributed by atoms with Crippen molar-refractivity contribution in [1.29, 1.82) is 0 Å². The molecule has 0 spiro atoms. The largest absolute Gasteiger partial charge is 0.313 e. The summed E-state index contributed by atoms with van der Waals surface area (Å²) in [5.74, 6) is 2.27. The van der Waals surface area contributed by atoms with Crippen LogP contribution in [0, 0.1) is 0 Å². The Morgan fingerprint density at radius 1 is 1.39 bits per heavy atom. The maximum Gasteiger partial charge on any atom is 0.0850 e. The summed E-state index contributed by atoms with van der Waals surface area (Å²) in [4.78, 5) is 0. The number of rotatable bonds is 8. The fourth-order valence-corrected chi connectivity index (χ4v) is 3.14. The molecule has 18 heavy (non-hydrogen) atoms. The molecule has 0 amide bonds. The van der Waals surface area contributed by atoms with Crippen LogP contribution in [0.15, 0.2) is 0 Å². The van der Waals surface area contributed by atoms with Gasteiger partial charge in [-0.2, -0.15) is 16.9 Å². The van der Waals surface area contributed by atoms with E-state index < -0.39 is 0 Å². The monoisotopic (exact) mass is 289 g/mol. The third-order valence-electron chi connectivity index (χ3n) is 2.96. The summed E-state index contributed by atoms with van der Waals surface area (Å²) in [6.07, 6.45) is 1.84. The van der Waals surface area contributed by atoms with Gasteiger partial charge in [0.2, 0.25) is 0 Å². The van der Waals surface area contributed by atoms with Crippen molar-refractivity contribution in [2.45, 2.75) is 39.7 Å². The molecule has 1 atom stereocenters. The van der Waals surface area contributed by atoms with Crippen LogP contribution in [-0.2, 0) is 19.9 Å². The third kappa shape index (κ3) is 4.18. The minimum Gasteiger partial charge on any atom is -0.313 e. The number of aryl methyl sites for hydroxylation is 2. The van der Waals surface area contributed by atoms with Crippen molar-refractivity contribution in [2.75, 3.05) is 18.1 Å². The second-order valence-electron chi connectivity index (χ2n) is 4.30. The van der Waals surface area contributed by atoms with Gasteiger partial charge >= 0.3 is 0 Å². The number of nitrogens with one attached hydrogen (secondary N) is 1. The molecule has 1 aromatic heterocycles. The van der Waals surface area contributed by atoms with Crippen molar-refractivity contribution >= 4 is 23.4 Å². The molecule has 5 heteroatoms. The van der Waals surface area contributed by atoms with E-state index in [0.717, 1.165) is 47.3 Å². The van der Waals surface area contributed by atoms with Crippen molar-refractivity contribution < 1.29 is 0 Å². The maximum atomic E-state index is 6.39. The molecule has 0 aromatic carbocycles. The van der Waals surface area contributed by atoms with Crippen LogP contribution in [0.25, 0.3) is 0 Å². The van der Waals surface area contributed by atoms with Gasteiger partial charge in [0.05, 0.1) is 16.4 Å². The van der Waals surface area contributed by atoms with E-state index in [1.165, 1.54) is 0 Å². The normalized spacial score (nSPS) is 12.9. The maximum absolute atomic E-state index is 6.39. The lowest BCUT2D eigenvalue weighted by Crippen LogP contribution is -2.34. The smallest absolute Gasteiger partial charge is 0.0850 e. The number of nitrogens with zero attached hydrogens (tertiary/aromatic N) is 2. The van der Waals surface area contributed by atoms with E-state index >= 15 is 0 Å². The minimum atomic E-state index is 0.470. The third-order valence-corrected chi connectivity index (χ3v) is 4.44. The Labute approximate surface area is 120 Å². The predicted octanol–water partition coefficient (Wildman–Crippen LogP) is 2.91. The molecule has 1 rings (SSSR count). The summed E-state index contributed by atoms with van der Waals surface area (Å²) in [6.45, 7) is 7.42. The number of likely N-dealkylation sites (N-methyl/N-ethyl adjacent to an activating group) is 1. The van der Waals surface area contributed by atoms with Crippen LogP contribution in [0.2, 0.25) is 5.02 Å². The molecule has 0 fully saturated rings. The Balaban J connectivity index is 2.76. The first-order valence-electron chi connectivity index (χ1n) is 6.65. The van der Waals surface area contributed by atoms with E-state index in [2.05, 4.69) is 31.2 Å². The molecule has 0 aliphatic carbocycles. The highest BCUT2D eigenvalue weighted by Crippen LogP contribution is 2.22. The minimum absolute atomic E-state index is 0.470. The zero-order valence-electron chi connectivity index (χ0n) is 11.8. The number of hydrogen-bond donors (Lipinski definition) is 1. The number of hydrogen-bond acceptors (Lipinski definition) is 3. The Bertz CT molecular complexity index is 365. The van der Waals surface area contributed by atoms with E-state index in [4.69, 9.17) is 11.6 Å². The van der Waals surface area contributed by atoms with Gasteiger partial charge in [-0.3, -0.25) is 4.68 Å². The molecule has 0 radical (unpaired) electrons. The molecule has 0 bridgehead atoms. The average Bonchev–Trinajstić information content (AvgIpc) is 2.63. The van der Waals surface area contributed by atoms with Crippen LogP contribution in [-0.4, -0.2) is 33.9 Å². The number of aromatic nitrogens is 2. The summed E-state index contributed by atoms with van der Waals surface area (Å²) in [6, 6.07) is 0.470. The second-order valence-corrected chi connectivity index (χ2v) is 6.00. The zero-order valence-corrected chi connectivity index (χ0v) is 13.4. The highest BCUT2D eigenvalue weighted by molar-refractivity contribution is 7.99. The summed E-state index contributed by atoms with van der Waals surface area (Å²) in [5, 5.41) is 8.85. The fraction of sp³-hybridized carbons (Fsp3) is 0.769. The highest BCUT2D eigenvalue weighted by atomic mass is 35.5. The van der Waals surface area contributed by atoms with Crippen molar-refractivity contribution in [2.24, 2.45) is 7.05 Å². The SMILES string of the molecule is CCNC(CSCC)Cc1c(Cl)c(CC)nn1C. The van der Waals surface area contributed by atoms with Gasteiger partial charge in [0.1, 0.15) is 0 Å². The molecule has 0 saturated carbocycles. The Hall–Kier alpha value is -0.190. The van der Waals surface area contributed by atoms with Gasteiger partial charge in [0.15, 0.2) is 0 Å². The molecule has 1 unspecified atom stereocenters. The summed E-state index contributed by atoms with van der Waals surface area (Å²) < 4.78 is 1.93. The predicted molar refractivity (Wildman–Crippen MR) is 81.8 cm³/mol. The summed E-state index contributed by atoms with van der Waals surface area (Å²) >= 11 is 8.35. The highest BCUT2D eigenvalue weighted by Gasteiger charge is 2.17.